The van der Waals surface area contributed by atoms with Crippen LogP contribution >= 0.6 is 0 Å². The summed E-state index contributed by atoms with van der Waals surface area (Å²) in [6, 6.07) is 5.78. The lowest BCUT2D eigenvalue weighted by Crippen LogP contribution is -1.98. The lowest BCUT2D eigenvalue weighted by Gasteiger charge is -2.02. The second-order valence-corrected chi connectivity index (χ2v) is 3.92. The molecule has 0 unspecified atom stereocenters. The Kier molecular flexibility index (Phi) is 2.26. The van der Waals surface area contributed by atoms with Gasteiger partial charge in [-0.2, -0.15) is 0 Å². The second-order valence-electron chi connectivity index (χ2n) is 3.92. The highest BCUT2D eigenvalue weighted by Gasteiger charge is 2.16. The summed E-state index contributed by atoms with van der Waals surface area (Å²) in [7, 11) is 0. The van der Waals surface area contributed by atoms with Crippen molar-refractivity contribution in [2.45, 2.75) is 13.5 Å². The van der Waals surface area contributed by atoms with E-state index in [1.54, 1.807) is 0 Å². The first-order valence-electron chi connectivity index (χ1n) is 5.43. The van der Waals surface area contributed by atoms with Gasteiger partial charge in [-0.1, -0.05) is 0 Å². The van der Waals surface area contributed by atoms with Gasteiger partial charge in [0.15, 0.2) is 11.5 Å². The molecule has 1 aliphatic rings. The van der Waals surface area contributed by atoms with Gasteiger partial charge >= 0.3 is 0 Å². The predicted octanol–water partition coefficient (Wildman–Crippen LogP) is 1.57. The quantitative estimate of drug-likeness (QED) is 0.822. The molecular weight excluding hydrogens is 218 g/mol. The van der Waals surface area contributed by atoms with Crippen molar-refractivity contribution in [2.75, 3.05) is 6.79 Å². The number of hydrogen-bond acceptors (Lipinski definition) is 4. The molecule has 88 valence electrons. The van der Waals surface area contributed by atoms with Gasteiger partial charge in [0.1, 0.15) is 5.82 Å². The van der Waals surface area contributed by atoms with Crippen molar-refractivity contribution < 1.29 is 9.47 Å². The van der Waals surface area contributed by atoms with Crippen LogP contribution in [0.5, 0.6) is 11.5 Å². The van der Waals surface area contributed by atoms with E-state index in [0.29, 0.717) is 6.54 Å². The van der Waals surface area contributed by atoms with E-state index in [9.17, 15) is 0 Å². The Morgan fingerprint density at radius 2 is 2.18 bits per heavy atom. The Morgan fingerprint density at radius 1 is 1.35 bits per heavy atom. The number of nitrogens with zero attached hydrogens (tertiary/aromatic N) is 1. The first kappa shape index (κ1) is 10.2. The minimum Gasteiger partial charge on any atom is -0.454 e. The molecule has 0 aliphatic carbocycles. The molecule has 2 heterocycles. The molecule has 0 radical (unpaired) electrons. The molecule has 17 heavy (non-hydrogen) atoms. The van der Waals surface area contributed by atoms with Crippen molar-refractivity contribution in [3.8, 4) is 22.8 Å². The van der Waals surface area contributed by atoms with Gasteiger partial charge in [-0.05, 0) is 25.1 Å². The van der Waals surface area contributed by atoms with Crippen LogP contribution in [0.25, 0.3) is 11.3 Å². The number of ether oxygens (including phenoxy) is 2. The number of nitrogens with two attached hydrogens (primary N) is 1. The molecule has 1 aromatic carbocycles. The zero-order valence-corrected chi connectivity index (χ0v) is 9.49. The van der Waals surface area contributed by atoms with E-state index in [4.69, 9.17) is 15.2 Å². The monoisotopic (exact) mass is 231 g/mol. The lowest BCUT2D eigenvalue weighted by atomic mass is 10.1. The average Bonchev–Trinajstić information content (AvgIpc) is 2.93. The standard InChI is InChI=1S/C12H13N3O2/c1-7-14-9(5-13)12(15-7)8-2-3-10-11(4-8)17-6-16-10/h2-4H,5-6,13H2,1H3,(H,14,15). The number of hydrogen-bond donors (Lipinski definition) is 2. The van der Waals surface area contributed by atoms with E-state index in [2.05, 4.69) is 9.97 Å². The summed E-state index contributed by atoms with van der Waals surface area (Å²) in [4.78, 5) is 7.60. The summed E-state index contributed by atoms with van der Waals surface area (Å²) >= 11 is 0. The van der Waals surface area contributed by atoms with E-state index in [1.165, 1.54) is 0 Å². The average molecular weight is 231 g/mol. The van der Waals surface area contributed by atoms with Crippen molar-refractivity contribution in [1.82, 2.24) is 9.97 Å². The van der Waals surface area contributed by atoms with Crippen LogP contribution < -0.4 is 15.2 Å². The zero-order chi connectivity index (χ0) is 11.8. The van der Waals surface area contributed by atoms with Crippen LogP contribution in [0.4, 0.5) is 0 Å². The first-order valence-corrected chi connectivity index (χ1v) is 5.43. The SMILES string of the molecule is Cc1nc(-c2ccc3c(c2)OCO3)c(CN)[nH]1. The lowest BCUT2D eigenvalue weighted by molar-refractivity contribution is 0.174. The largest absolute Gasteiger partial charge is 0.454 e. The van der Waals surface area contributed by atoms with Gasteiger partial charge in [-0.3, -0.25) is 0 Å². The van der Waals surface area contributed by atoms with Crippen LogP contribution in [-0.2, 0) is 6.54 Å². The molecule has 0 saturated heterocycles. The second kappa shape index (κ2) is 3.78. The molecule has 0 fully saturated rings. The number of nitrogens with one attached hydrogen (secondary N) is 1. The van der Waals surface area contributed by atoms with Gasteiger partial charge in [0, 0.05) is 12.1 Å². The van der Waals surface area contributed by atoms with Crippen molar-refractivity contribution in [3.63, 3.8) is 0 Å². The van der Waals surface area contributed by atoms with E-state index in [1.807, 2.05) is 25.1 Å². The van der Waals surface area contributed by atoms with E-state index < -0.39 is 0 Å². The molecule has 5 nitrogen and oxygen atoms in total. The fourth-order valence-electron chi connectivity index (χ4n) is 1.97. The summed E-state index contributed by atoms with van der Waals surface area (Å²) in [5, 5.41) is 0. The normalized spacial score (nSPS) is 13.1. The van der Waals surface area contributed by atoms with Crippen molar-refractivity contribution in [2.24, 2.45) is 5.73 Å². The molecular formula is C12H13N3O2. The minimum atomic E-state index is 0.280. The molecule has 5 heteroatoms. The van der Waals surface area contributed by atoms with Crippen LogP contribution in [0.3, 0.4) is 0 Å². The Hall–Kier alpha value is -2.01. The van der Waals surface area contributed by atoms with Crippen LogP contribution in [-0.4, -0.2) is 16.8 Å². The molecule has 0 atom stereocenters. The molecule has 1 aromatic heterocycles. The molecule has 0 amide bonds. The fraction of sp³-hybridized carbons (Fsp3) is 0.250. The van der Waals surface area contributed by atoms with Gasteiger partial charge in [0.05, 0.1) is 11.4 Å². The highest BCUT2D eigenvalue weighted by atomic mass is 16.7. The molecule has 0 spiro atoms. The van der Waals surface area contributed by atoms with Crippen molar-refractivity contribution in [1.29, 1.82) is 0 Å². The minimum absolute atomic E-state index is 0.280. The van der Waals surface area contributed by atoms with Crippen molar-refractivity contribution in [3.05, 3.63) is 29.7 Å². The Morgan fingerprint density at radius 3 is 3.00 bits per heavy atom. The third-order valence-electron chi connectivity index (χ3n) is 2.75. The number of imidazole rings is 1. The maximum absolute atomic E-state index is 5.69. The third-order valence-corrected chi connectivity index (χ3v) is 2.75. The maximum Gasteiger partial charge on any atom is 0.231 e. The first-order chi connectivity index (χ1) is 8.28. The van der Waals surface area contributed by atoms with Crippen LogP contribution in [0.15, 0.2) is 18.2 Å². The zero-order valence-electron chi connectivity index (χ0n) is 9.49. The Bertz CT molecular complexity index is 563. The van der Waals surface area contributed by atoms with Gasteiger partial charge in [-0.15, -0.1) is 0 Å². The Balaban J connectivity index is 2.08. The third kappa shape index (κ3) is 1.64. The fourth-order valence-corrected chi connectivity index (χ4v) is 1.97. The summed E-state index contributed by atoms with van der Waals surface area (Å²) in [6.07, 6.45) is 0. The molecule has 0 saturated carbocycles. The van der Waals surface area contributed by atoms with Crippen LogP contribution in [0, 0.1) is 6.92 Å². The maximum atomic E-state index is 5.69. The number of H-pyrrole nitrogens is 1. The molecule has 1 aliphatic heterocycles. The highest BCUT2D eigenvalue weighted by molar-refractivity contribution is 5.66. The van der Waals surface area contributed by atoms with Crippen LogP contribution in [0.1, 0.15) is 11.5 Å². The number of aromatic nitrogens is 2. The summed E-state index contributed by atoms with van der Waals surface area (Å²) in [5.74, 6) is 2.39. The molecule has 3 N–H and O–H groups in total. The summed E-state index contributed by atoms with van der Waals surface area (Å²) in [5.41, 5.74) is 8.48. The van der Waals surface area contributed by atoms with E-state index >= 15 is 0 Å². The number of aryl methyl sites for hydroxylation is 1. The number of benzene rings is 1. The van der Waals surface area contributed by atoms with Gasteiger partial charge < -0.3 is 20.2 Å². The van der Waals surface area contributed by atoms with Gasteiger partial charge in [-0.25, -0.2) is 4.98 Å². The van der Waals surface area contributed by atoms with Gasteiger partial charge in [0.25, 0.3) is 0 Å². The molecule has 0 bridgehead atoms. The van der Waals surface area contributed by atoms with Crippen LogP contribution in [0.2, 0.25) is 0 Å². The molecule has 2 aromatic rings. The summed E-state index contributed by atoms with van der Waals surface area (Å²) in [6.45, 7) is 2.63. The smallest absolute Gasteiger partial charge is 0.231 e. The Labute approximate surface area is 98.6 Å². The number of aromatic amines is 1. The van der Waals surface area contributed by atoms with E-state index in [-0.39, 0.29) is 6.79 Å². The number of fused-ring (bicyclic) bond motifs is 1. The van der Waals surface area contributed by atoms with Crippen molar-refractivity contribution >= 4 is 0 Å². The van der Waals surface area contributed by atoms with E-state index in [0.717, 1.165) is 34.3 Å². The highest BCUT2D eigenvalue weighted by Crippen LogP contribution is 2.36. The predicted molar refractivity (Wildman–Crippen MR) is 62.8 cm³/mol. The number of rotatable bonds is 2. The van der Waals surface area contributed by atoms with Gasteiger partial charge in [0.2, 0.25) is 6.79 Å². The molecule has 3 rings (SSSR count). The topological polar surface area (TPSA) is 73.2 Å². The summed E-state index contributed by atoms with van der Waals surface area (Å²) < 4.78 is 10.6.